The van der Waals surface area contributed by atoms with Gasteiger partial charge in [-0.15, -0.1) is 0 Å². The molecule has 2 amide bonds. The third-order valence-corrected chi connectivity index (χ3v) is 7.86. The molecule has 4 N–H and O–H groups in total. The molecule has 0 saturated carbocycles. The third kappa shape index (κ3) is 5.71. The largest absolute Gasteiger partial charge is 0.480 e. The minimum Gasteiger partial charge on any atom is -0.480 e. The fourth-order valence-corrected chi connectivity index (χ4v) is 5.66. The molecule has 2 aliphatic rings. The number of nitrogens with one attached hydrogen (secondary N) is 2. The Morgan fingerprint density at radius 2 is 1.48 bits per heavy atom. The molecule has 208 valence electrons. The summed E-state index contributed by atoms with van der Waals surface area (Å²) < 4.78 is 5.71. The van der Waals surface area contributed by atoms with Gasteiger partial charge in [-0.1, -0.05) is 78.9 Å². The van der Waals surface area contributed by atoms with Crippen LogP contribution in [0.5, 0.6) is 0 Å². The van der Waals surface area contributed by atoms with Gasteiger partial charge in [-0.25, -0.2) is 9.59 Å². The van der Waals surface area contributed by atoms with E-state index >= 15 is 0 Å². The van der Waals surface area contributed by atoms with Gasteiger partial charge >= 0.3 is 12.1 Å². The van der Waals surface area contributed by atoms with Crippen molar-refractivity contribution in [2.24, 2.45) is 0 Å². The standard InChI is InChI=1S/C31H33N3O6/c35-19-27(28(36)37)32-29(38)31(14-16-34(17-15-31)18-21-8-2-1-3-9-21)33-30(39)40-20-26-24-12-6-4-10-22(24)23-11-5-7-13-25(23)26/h1-13,26-27,35H,14-20H2,(H,32,38)(H,33,39)(H,36,37). The lowest BCUT2D eigenvalue weighted by atomic mass is 9.86. The fourth-order valence-electron chi connectivity index (χ4n) is 5.66. The van der Waals surface area contributed by atoms with Crippen molar-refractivity contribution in [3.05, 3.63) is 95.6 Å². The zero-order chi connectivity index (χ0) is 28.1. The summed E-state index contributed by atoms with van der Waals surface area (Å²) >= 11 is 0. The highest BCUT2D eigenvalue weighted by molar-refractivity contribution is 5.93. The normalized spacial score (nSPS) is 16.8. The van der Waals surface area contributed by atoms with Crippen molar-refractivity contribution >= 4 is 18.0 Å². The van der Waals surface area contributed by atoms with Crippen LogP contribution in [0.1, 0.15) is 35.4 Å². The van der Waals surface area contributed by atoms with E-state index in [-0.39, 0.29) is 25.4 Å². The van der Waals surface area contributed by atoms with Crippen LogP contribution in [-0.2, 0) is 20.9 Å². The third-order valence-electron chi connectivity index (χ3n) is 7.86. The number of benzene rings is 3. The lowest BCUT2D eigenvalue weighted by molar-refractivity contribution is -0.144. The molecule has 0 radical (unpaired) electrons. The van der Waals surface area contributed by atoms with Crippen LogP contribution < -0.4 is 10.6 Å². The van der Waals surface area contributed by atoms with Gasteiger partial charge in [-0.05, 0) is 40.7 Å². The number of hydrogen-bond donors (Lipinski definition) is 4. The lowest BCUT2D eigenvalue weighted by Crippen LogP contribution is -2.65. The molecule has 1 saturated heterocycles. The van der Waals surface area contributed by atoms with Crippen LogP contribution in [0.4, 0.5) is 4.79 Å². The molecule has 0 spiro atoms. The van der Waals surface area contributed by atoms with E-state index in [1.165, 1.54) is 0 Å². The number of aliphatic hydroxyl groups is 1. The fraction of sp³-hybridized carbons (Fsp3) is 0.323. The predicted octanol–water partition coefficient (Wildman–Crippen LogP) is 3.12. The summed E-state index contributed by atoms with van der Waals surface area (Å²) in [4.78, 5) is 40.2. The molecule has 1 fully saturated rings. The second-order valence-electron chi connectivity index (χ2n) is 10.3. The van der Waals surface area contributed by atoms with Crippen molar-refractivity contribution in [2.45, 2.75) is 36.9 Å². The number of nitrogens with zero attached hydrogens (tertiary/aromatic N) is 1. The number of carboxylic acids is 1. The number of amides is 2. The molecule has 1 unspecified atom stereocenters. The summed E-state index contributed by atoms with van der Waals surface area (Å²) in [6.45, 7) is 1.03. The van der Waals surface area contributed by atoms with Gasteiger partial charge in [0, 0.05) is 25.6 Å². The SMILES string of the molecule is O=C(NC1(C(=O)NC(CO)C(=O)O)CCN(Cc2ccccc2)CC1)OCC1c2ccccc2-c2ccccc21. The number of aliphatic hydroxyl groups excluding tert-OH is 1. The van der Waals surface area contributed by atoms with Crippen LogP contribution in [0.25, 0.3) is 11.1 Å². The molecule has 1 atom stereocenters. The van der Waals surface area contributed by atoms with Crippen molar-refractivity contribution in [1.29, 1.82) is 0 Å². The number of hydrogen-bond acceptors (Lipinski definition) is 6. The van der Waals surface area contributed by atoms with Crippen LogP contribution in [0.15, 0.2) is 78.9 Å². The van der Waals surface area contributed by atoms with Crippen LogP contribution in [0, 0.1) is 0 Å². The second-order valence-corrected chi connectivity index (χ2v) is 10.3. The highest BCUT2D eigenvalue weighted by Crippen LogP contribution is 2.44. The Balaban J connectivity index is 1.29. The highest BCUT2D eigenvalue weighted by Gasteiger charge is 2.44. The van der Waals surface area contributed by atoms with Gasteiger partial charge in [0.1, 0.15) is 18.2 Å². The maximum Gasteiger partial charge on any atom is 0.408 e. The number of alkyl carbamates (subject to hydrolysis) is 1. The Kier molecular flexibility index (Phi) is 8.14. The van der Waals surface area contributed by atoms with Gasteiger partial charge in [-0.3, -0.25) is 9.69 Å². The van der Waals surface area contributed by atoms with Crippen molar-refractivity contribution in [3.8, 4) is 11.1 Å². The topological polar surface area (TPSA) is 128 Å². The van der Waals surface area contributed by atoms with Gasteiger partial charge in [0.2, 0.25) is 5.91 Å². The molecule has 0 aromatic heterocycles. The average Bonchev–Trinajstić information content (AvgIpc) is 3.29. The van der Waals surface area contributed by atoms with E-state index in [0.717, 1.165) is 27.8 Å². The van der Waals surface area contributed by atoms with E-state index in [9.17, 15) is 24.6 Å². The molecular weight excluding hydrogens is 510 g/mol. The number of ether oxygens (including phenoxy) is 1. The maximum atomic E-state index is 13.4. The first-order chi connectivity index (χ1) is 19.4. The second kappa shape index (κ2) is 11.9. The number of carboxylic acid groups (broad SMARTS) is 1. The van der Waals surface area contributed by atoms with Crippen molar-refractivity contribution in [1.82, 2.24) is 15.5 Å². The van der Waals surface area contributed by atoms with E-state index in [1.807, 2.05) is 66.7 Å². The minimum atomic E-state index is -1.48. The number of carbonyl (C=O) groups is 3. The van der Waals surface area contributed by atoms with Crippen LogP contribution >= 0.6 is 0 Å². The van der Waals surface area contributed by atoms with Crippen molar-refractivity contribution in [2.75, 3.05) is 26.3 Å². The van der Waals surface area contributed by atoms with Gasteiger partial charge in [0.25, 0.3) is 0 Å². The Morgan fingerprint density at radius 1 is 0.900 bits per heavy atom. The predicted molar refractivity (Wildman–Crippen MR) is 149 cm³/mol. The molecule has 1 aliphatic heterocycles. The minimum absolute atomic E-state index is 0.0894. The van der Waals surface area contributed by atoms with E-state index in [2.05, 4.69) is 27.7 Å². The van der Waals surface area contributed by atoms with E-state index in [1.54, 1.807) is 0 Å². The molecule has 1 aliphatic carbocycles. The number of piperidine rings is 1. The Labute approximate surface area is 232 Å². The molecule has 5 rings (SSSR count). The number of aliphatic carboxylic acids is 1. The zero-order valence-corrected chi connectivity index (χ0v) is 22.1. The first kappa shape index (κ1) is 27.4. The number of likely N-dealkylation sites (tertiary alicyclic amines) is 1. The first-order valence-corrected chi connectivity index (χ1v) is 13.4. The quantitative estimate of drug-likeness (QED) is 0.327. The van der Waals surface area contributed by atoms with Crippen LogP contribution in [0.3, 0.4) is 0 Å². The summed E-state index contributed by atoms with van der Waals surface area (Å²) in [7, 11) is 0. The molecule has 9 heteroatoms. The summed E-state index contributed by atoms with van der Waals surface area (Å²) in [5.41, 5.74) is 4.12. The summed E-state index contributed by atoms with van der Waals surface area (Å²) in [5.74, 6) is -2.14. The molecular formula is C31H33N3O6. The van der Waals surface area contributed by atoms with Crippen molar-refractivity contribution in [3.63, 3.8) is 0 Å². The Morgan fingerprint density at radius 3 is 2.05 bits per heavy atom. The van der Waals surface area contributed by atoms with E-state index < -0.39 is 36.2 Å². The summed E-state index contributed by atoms with van der Waals surface area (Å²) in [6.07, 6.45) is -0.231. The zero-order valence-electron chi connectivity index (χ0n) is 22.1. The Bertz CT molecular complexity index is 1320. The number of rotatable bonds is 9. The summed E-state index contributed by atoms with van der Waals surface area (Å²) in [6, 6.07) is 24.5. The van der Waals surface area contributed by atoms with Crippen molar-refractivity contribution < 1.29 is 29.3 Å². The molecule has 1 heterocycles. The van der Waals surface area contributed by atoms with Gasteiger partial charge in [-0.2, -0.15) is 0 Å². The Hall–Kier alpha value is -4.21. The van der Waals surface area contributed by atoms with E-state index in [0.29, 0.717) is 19.6 Å². The molecule has 3 aromatic carbocycles. The monoisotopic (exact) mass is 543 g/mol. The summed E-state index contributed by atoms with van der Waals surface area (Å²) in [5, 5.41) is 24.0. The van der Waals surface area contributed by atoms with Gasteiger partial charge < -0.3 is 25.6 Å². The molecule has 40 heavy (non-hydrogen) atoms. The molecule has 3 aromatic rings. The molecule has 0 bridgehead atoms. The number of carbonyl (C=O) groups excluding carboxylic acids is 2. The number of fused-ring (bicyclic) bond motifs is 3. The van der Waals surface area contributed by atoms with Crippen LogP contribution in [-0.4, -0.2) is 71.0 Å². The van der Waals surface area contributed by atoms with E-state index in [4.69, 9.17) is 4.74 Å². The average molecular weight is 544 g/mol. The first-order valence-electron chi connectivity index (χ1n) is 13.4. The lowest BCUT2D eigenvalue weighted by Gasteiger charge is -2.41. The maximum absolute atomic E-state index is 13.4. The highest BCUT2D eigenvalue weighted by atomic mass is 16.5. The van der Waals surface area contributed by atoms with Gasteiger partial charge in [0.05, 0.1) is 6.61 Å². The smallest absolute Gasteiger partial charge is 0.408 e. The van der Waals surface area contributed by atoms with Gasteiger partial charge in [0.15, 0.2) is 0 Å². The van der Waals surface area contributed by atoms with Crippen LogP contribution in [0.2, 0.25) is 0 Å². The molecule has 9 nitrogen and oxygen atoms in total.